The molecule has 6 nitrogen and oxygen atoms in total. The van der Waals surface area contributed by atoms with E-state index in [4.69, 9.17) is 4.74 Å². The Hall–Kier alpha value is -1.76. The monoisotopic (exact) mass is 352 g/mol. The Kier molecular flexibility index (Phi) is 4.71. The molecule has 7 heteroatoms. The normalized spacial score (nSPS) is 28.0. The van der Waals surface area contributed by atoms with Crippen molar-refractivity contribution in [3.63, 3.8) is 0 Å². The minimum atomic E-state index is -2.98. The highest BCUT2D eigenvalue weighted by Crippen LogP contribution is 2.40. The van der Waals surface area contributed by atoms with Crippen molar-refractivity contribution in [3.05, 3.63) is 29.8 Å². The first kappa shape index (κ1) is 17.1. The summed E-state index contributed by atoms with van der Waals surface area (Å²) < 4.78 is 28.2. The second-order valence-corrected chi connectivity index (χ2v) is 8.99. The van der Waals surface area contributed by atoms with Crippen LogP contribution in [-0.2, 0) is 9.84 Å². The highest BCUT2D eigenvalue weighted by Gasteiger charge is 2.36. The van der Waals surface area contributed by atoms with Gasteiger partial charge in [-0.2, -0.15) is 0 Å². The van der Waals surface area contributed by atoms with Gasteiger partial charge < -0.3 is 15.0 Å². The molecule has 2 fully saturated rings. The second kappa shape index (κ2) is 6.63. The molecule has 2 amide bonds. The van der Waals surface area contributed by atoms with Crippen LogP contribution in [0.5, 0.6) is 5.75 Å². The molecule has 1 unspecified atom stereocenters. The maximum atomic E-state index is 12.3. The Labute approximate surface area is 143 Å². The number of hydrogen-bond acceptors (Lipinski definition) is 4. The molecule has 1 saturated heterocycles. The summed E-state index contributed by atoms with van der Waals surface area (Å²) in [4.78, 5) is 14.0. The molecular weight excluding hydrogens is 328 g/mol. The summed E-state index contributed by atoms with van der Waals surface area (Å²) in [5, 5.41) is 2.84. The molecule has 1 aromatic rings. The quantitative estimate of drug-likeness (QED) is 0.896. The number of urea groups is 1. The molecule has 0 bridgehead atoms. The fraction of sp³-hybridized carbons (Fsp3) is 0.588. The lowest BCUT2D eigenvalue weighted by atomic mass is 9.75. The summed E-state index contributed by atoms with van der Waals surface area (Å²) in [5.74, 6) is 1.52. The second-order valence-electron chi connectivity index (χ2n) is 6.76. The largest absolute Gasteiger partial charge is 0.497 e. The lowest BCUT2D eigenvalue weighted by Gasteiger charge is -2.41. The molecule has 1 atom stereocenters. The van der Waals surface area contributed by atoms with Crippen molar-refractivity contribution in [2.24, 2.45) is 0 Å². The predicted octanol–water partition coefficient (Wildman–Crippen LogP) is 1.77. The van der Waals surface area contributed by atoms with Crippen LogP contribution in [-0.4, -0.2) is 57.1 Å². The third-order valence-electron chi connectivity index (χ3n) is 5.11. The predicted molar refractivity (Wildman–Crippen MR) is 92.1 cm³/mol. The van der Waals surface area contributed by atoms with Gasteiger partial charge in [0.1, 0.15) is 5.75 Å². The molecule has 2 aliphatic rings. The molecule has 0 aromatic heterocycles. The first-order valence-electron chi connectivity index (χ1n) is 8.25. The number of rotatable bonds is 4. The number of amides is 2. The maximum absolute atomic E-state index is 12.3. The Morgan fingerprint density at radius 3 is 2.71 bits per heavy atom. The van der Waals surface area contributed by atoms with E-state index in [1.165, 1.54) is 5.56 Å². The number of methoxy groups -OCH3 is 1. The third kappa shape index (κ3) is 3.66. The average molecular weight is 352 g/mol. The molecule has 1 saturated carbocycles. The van der Waals surface area contributed by atoms with E-state index in [2.05, 4.69) is 11.4 Å². The van der Waals surface area contributed by atoms with Crippen LogP contribution in [0.15, 0.2) is 24.3 Å². The third-order valence-corrected chi connectivity index (χ3v) is 6.87. The molecule has 132 valence electrons. The number of carbonyl (C=O) groups is 1. The van der Waals surface area contributed by atoms with Gasteiger partial charge in [-0.3, -0.25) is 0 Å². The van der Waals surface area contributed by atoms with Crippen LogP contribution < -0.4 is 10.1 Å². The zero-order valence-electron chi connectivity index (χ0n) is 14.1. The van der Waals surface area contributed by atoms with Crippen molar-refractivity contribution >= 4 is 15.9 Å². The molecule has 1 N–H and O–H groups in total. The van der Waals surface area contributed by atoms with Crippen molar-refractivity contribution in [1.82, 2.24) is 10.2 Å². The summed E-state index contributed by atoms with van der Waals surface area (Å²) in [5.41, 5.74) is 1.24. The van der Waals surface area contributed by atoms with E-state index >= 15 is 0 Å². The van der Waals surface area contributed by atoms with Crippen LogP contribution in [0.4, 0.5) is 4.79 Å². The minimum Gasteiger partial charge on any atom is -0.497 e. The van der Waals surface area contributed by atoms with Gasteiger partial charge >= 0.3 is 6.03 Å². The first-order valence-corrected chi connectivity index (χ1v) is 10.1. The van der Waals surface area contributed by atoms with Crippen LogP contribution in [0.25, 0.3) is 0 Å². The van der Waals surface area contributed by atoms with E-state index in [0.29, 0.717) is 12.3 Å². The average Bonchev–Trinajstić information content (AvgIpc) is 2.84. The van der Waals surface area contributed by atoms with Crippen molar-refractivity contribution in [3.8, 4) is 5.75 Å². The highest BCUT2D eigenvalue weighted by molar-refractivity contribution is 7.91. The van der Waals surface area contributed by atoms with E-state index in [1.54, 1.807) is 19.1 Å². The standard InChI is InChI=1S/C17H24N2O4S/c1-19(17(20)18-14-6-7-24(21,22)11-14)15-8-13(9-15)12-4-3-5-16(10-12)23-2/h3-5,10,13-15H,6-9,11H2,1-2H3,(H,18,20). The fourth-order valence-electron chi connectivity index (χ4n) is 3.42. The Balaban J connectivity index is 1.50. The molecule has 3 rings (SSSR count). The van der Waals surface area contributed by atoms with E-state index < -0.39 is 9.84 Å². The molecule has 0 radical (unpaired) electrons. The van der Waals surface area contributed by atoms with Crippen molar-refractivity contribution in [1.29, 1.82) is 0 Å². The van der Waals surface area contributed by atoms with Gasteiger partial charge in [0.05, 0.1) is 18.6 Å². The SMILES string of the molecule is COc1cccc(C2CC(N(C)C(=O)NC3CCS(=O)(=O)C3)C2)c1. The van der Waals surface area contributed by atoms with Gasteiger partial charge in [0.2, 0.25) is 0 Å². The van der Waals surface area contributed by atoms with E-state index in [1.807, 2.05) is 18.2 Å². The van der Waals surface area contributed by atoms with Crippen LogP contribution >= 0.6 is 0 Å². The molecule has 24 heavy (non-hydrogen) atoms. The van der Waals surface area contributed by atoms with Gasteiger partial charge in [0.25, 0.3) is 0 Å². The summed E-state index contributed by atoms with van der Waals surface area (Å²) in [7, 11) is 0.465. The summed E-state index contributed by atoms with van der Waals surface area (Å²) >= 11 is 0. The number of nitrogens with one attached hydrogen (secondary N) is 1. The van der Waals surface area contributed by atoms with Gasteiger partial charge in [0, 0.05) is 19.1 Å². The van der Waals surface area contributed by atoms with Gasteiger partial charge in [0.15, 0.2) is 9.84 Å². The van der Waals surface area contributed by atoms with Crippen molar-refractivity contribution < 1.29 is 17.9 Å². The number of carbonyl (C=O) groups excluding carboxylic acids is 1. The van der Waals surface area contributed by atoms with Crippen LogP contribution in [0, 0.1) is 0 Å². The summed E-state index contributed by atoms with van der Waals surface area (Å²) in [6.45, 7) is 0. The Morgan fingerprint density at radius 2 is 2.08 bits per heavy atom. The lowest BCUT2D eigenvalue weighted by Crippen LogP contribution is -2.51. The van der Waals surface area contributed by atoms with Gasteiger partial charge in [-0.15, -0.1) is 0 Å². The molecular formula is C17H24N2O4S. The van der Waals surface area contributed by atoms with E-state index in [9.17, 15) is 13.2 Å². The molecule has 1 aromatic carbocycles. The summed E-state index contributed by atoms with van der Waals surface area (Å²) in [6.07, 6.45) is 2.35. The zero-order valence-corrected chi connectivity index (χ0v) is 14.9. The summed E-state index contributed by atoms with van der Waals surface area (Å²) in [6, 6.07) is 7.81. The lowest BCUT2D eigenvalue weighted by molar-refractivity contribution is 0.142. The topological polar surface area (TPSA) is 75.7 Å². The Bertz CT molecular complexity index is 713. The number of sulfone groups is 1. The number of ether oxygens (including phenoxy) is 1. The highest BCUT2D eigenvalue weighted by atomic mass is 32.2. The Morgan fingerprint density at radius 1 is 1.33 bits per heavy atom. The van der Waals surface area contributed by atoms with Crippen LogP contribution in [0.1, 0.15) is 30.7 Å². The minimum absolute atomic E-state index is 0.0592. The molecule has 1 heterocycles. The molecule has 0 spiro atoms. The molecule has 1 aliphatic carbocycles. The maximum Gasteiger partial charge on any atom is 0.317 e. The van der Waals surface area contributed by atoms with Crippen LogP contribution in [0.3, 0.4) is 0 Å². The van der Waals surface area contributed by atoms with E-state index in [-0.39, 0.29) is 29.6 Å². The fourth-order valence-corrected chi connectivity index (χ4v) is 5.10. The van der Waals surface area contributed by atoms with Crippen molar-refractivity contribution in [2.75, 3.05) is 25.7 Å². The number of hydrogen-bond donors (Lipinski definition) is 1. The smallest absolute Gasteiger partial charge is 0.317 e. The first-order chi connectivity index (χ1) is 11.4. The van der Waals surface area contributed by atoms with E-state index in [0.717, 1.165) is 18.6 Å². The number of benzene rings is 1. The van der Waals surface area contributed by atoms with Gasteiger partial charge in [-0.1, -0.05) is 12.1 Å². The van der Waals surface area contributed by atoms with Gasteiger partial charge in [-0.25, -0.2) is 13.2 Å². The van der Waals surface area contributed by atoms with Crippen molar-refractivity contribution in [2.45, 2.75) is 37.3 Å². The van der Waals surface area contributed by atoms with Gasteiger partial charge in [-0.05, 0) is 42.9 Å². The van der Waals surface area contributed by atoms with Crippen LogP contribution in [0.2, 0.25) is 0 Å². The molecule has 1 aliphatic heterocycles. The zero-order chi connectivity index (χ0) is 17.3. The number of nitrogens with zero attached hydrogens (tertiary/aromatic N) is 1.